The Balaban J connectivity index is 2.13. The first-order chi connectivity index (χ1) is 10.4. The van der Waals surface area contributed by atoms with Crippen molar-refractivity contribution in [3.8, 4) is 5.88 Å². The van der Waals surface area contributed by atoms with Gasteiger partial charge >= 0.3 is 0 Å². The zero-order chi connectivity index (χ0) is 16.1. The number of ether oxygens (including phenoxy) is 2. The van der Waals surface area contributed by atoms with E-state index in [1.54, 1.807) is 0 Å². The summed E-state index contributed by atoms with van der Waals surface area (Å²) in [5.74, 6) is 0.168. The van der Waals surface area contributed by atoms with E-state index in [2.05, 4.69) is 15.0 Å². The molecule has 4 atom stereocenters. The Labute approximate surface area is 125 Å². The number of hydrogen-bond acceptors (Lipinski definition) is 9. The summed E-state index contributed by atoms with van der Waals surface area (Å²) >= 11 is 0. The Kier molecular flexibility index (Phi) is 3.40. The molecule has 22 heavy (non-hydrogen) atoms. The number of fused-ring (bicyclic) bond motifs is 1. The molecule has 10 heteroatoms. The fraction of sp³-hybridized carbons (Fsp3) is 0.583. The molecule has 3 rings (SSSR count). The minimum atomic E-state index is -1.64. The molecule has 1 aliphatic heterocycles. The van der Waals surface area contributed by atoms with E-state index in [1.807, 2.05) is 0 Å². The quantitative estimate of drug-likeness (QED) is 0.526. The highest BCUT2D eigenvalue weighted by Crippen LogP contribution is 2.39. The summed E-state index contributed by atoms with van der Waals surface area (Å²) in [5.41, 5.74) is 4.63. The van der Waals surface area contributed by atoms with Crippen LogP contribution in [0.4, 0.5) is 5.95 Å². The predicted molar refractivity (Wildman–Crippen MR) is 73.9 cm³/mol. The average molecular weight is 311 g/mol. The highest BCUT2D eigenvalue weighted by Gasteiger charge is 2.53. The second-order valence-corrected chi connectivity index (χ2v) is 5.30. The molecule has 3 heterocycles. The first-order valence-electron chi connectivity index (χ1n) is 6.61. The van der Waals surface area contributed by atoms with Crippen LogP contribution < -0.4 is 10.5 Å². The van der Waals surface area contributed by atoms with Gasteiger partial charge in [0.2, 0.25) is 11.8 Å². The van der Waals surface area contributed by atoms with Crippen LogP contribution in [0.15, 0.2) is 6.33 Å². The number of aliphatic hydroxyl groups is 3. The van der Waals surface area contributed by atoms with E-state index < -0.39 is 30.6 Å². The molecule has 0 saturated carbocycles. The van der Waals surface area contributed by atoms with Crippen molar-refractivity contribution in [2.45, 2.75) is 31.0 Å². The minimum absolute atomic E-state index is 0.0250. The van der Waals surface area contributed by atoms with Gasteiger partial charge in [0.1, 0.15) is 17.8 Å². The SMILES string of the molecule is COc1nc(N)nc2c1ncn2[C@@H]1O[C@H](CO)[C@@H](O)[C@]1(C)O. The van der Waals surface area contributed by atoms with Gasteiger partial charge in [-0.1, -0.05) is 0 Å². The lowest BCUT2D eigenvalue weighted by Gasteiger charge is -2.27. The van der Waals surface area contributed by atoms with E-state index in [4.69, 9.17) is 15.2 Å². The van der Waals surface area contributed by atoms with Crippen molar-refractivity contribution in [1.29, 1.82) is 0 Å². The van der Waals surface area contributed by atoms with Gasteiger partial charge in [-0.3, -0.25) is 4.57 Å². The first kappa shape index (κ1) is 14.9. The van der Waals surface area contributed by atoms with Crippen LogP contribution in [-0.2, 0) is 4.74 Å². The Bertz CT molecular complexity index is 703. The van der Waals surface area contributed by atoms with Gasteiger partial charge in [0.25, 0.3) is 0 Å². The minimum Gasteiger partial charge on any atom is -0.479 e. The molecule has 2 aromatic heterocycles. The van der Waals surface area contributed by atoms with Crippen molar-refractivity contribution in [2.75, 3.05) is 19.5 Å². The van der Waals surface area contributed by atoms with Crippen LogP contribution in [0.5, 0.6) is 5.88 Å². The molecule has 0 unspecified atom stereocenters. The summed E-state index contributed by atoms with van der Waals surface area (Å²) in [7, 11) is 1.42. The topological polar surface area (TPSA) is 149 Å². The van der Waals surface area contributed by atoms with E-state index in [1.165, 1.54) is 24.9 Å². The number of nitrogens with two attached hydrogens (primary N) is 1. The summed E-state index contributed by atoms with van der Waals surface area (Å²) < 4.78 is 12.1. The molecule has 0 amide bonds. The fourth-order valence-electron chi connectivity index (χ4n) is 2.61. The average Bonchev–Trinajstić information content (AvgIpc) is 2.98. The molecular formula is C12H17N5O5. The van der Waals surface area contributed by atoms with E-state index in [0.29, 0.717) is 11.2 Å². The highest BCUT2D eigenvalue weighted by molar-refractivity contribution is 5.77. The number of nitrogen functional groups attached to an aromatic ring is 1. The maximum Gasteiger partial charge on any atom is 0.246 e. The van der Waals surface area contributed by atoms with E-state index in [0.717, 1.165) is 0 Å². The second-order valence-electron chi connectivity index (χ2n) is 5.30. The van der Waals surface area contributed by atoms with E-state index in [9.17, 15) is 15.3 Å². The monoisotopic (exact) mass is 311 g/mol. The van der Waals surface area contributed by atoms with Crippen LogP contribution in [-0.4, -0.2) is 66.4 Å². The molecule has 1 fully saturated rings. The predicted octanol–water partition coefficient (Wildman–Crippen LogP) is -1.58. The van der Waals surface area contributed by atoms with Crippen molar-refractivity contribution >= 4 is 17.1 Å². The molecule has 10 nitrogen and oxygen atoms in total. The smallest absolute Gasteiger partial charge is 0.246 e. The zero-order valence-corrected chi connectivity index (χ0v) is 12.0. The highest BCUT2D eigenvalue weighted by atomic mass is 16.6. The van der Waals surface area contributed by atoms with Gasteiger partial charge in [-0.15, -0.1) is 0 Å². The molecule has 0 spiro atoms. The van der Waals surface area contributed by atoms with Crippen molar-refractivity contribution in [3.05, 3.63) is 6.33 Å². The second kappa shape index (κ2) is 5.02. The molecule has 0 aliphatic carbocycles. The largest absolute Gasteiger partial charge is 0.479 e. The number of nitrogens with zero attached hydrogens (tertiary/aromatic N) is 4. The van der Waals surface area contributed by atoms with Crippen LogP contribution in [0.2, 0.25) is 0 Å². The van der Waals surface area contributed by atoms with Gasteiger partial charge in [0.15, 0.2) is 17.4 Å². The van der Waals surface area contributed by atoms with Gasteiger partial charge in [0.05, 0.1) is 20.0 Å². The van der Waals surface area contributed by atoms with Crippen LogP contribution in [0.25, 0.3) is 11.2 Å². The van der Waals surface area contributed by atoms with Crippen LogP contribution >= 0.6 is 0 Å². The molecule has 5 N–H and O–H groups in total. The van der Waals surface area contributed by atoms with Crippen molar-refractivity contribution in [3.63, 3.8) is 0 Å². The van der Waals surface area contributed by atoms with Gasteiger partial charge in [-0.25, -0.2) is 4.98 Å². The van der Waals surface area contributed by atoms with Crippen LogP contribution in [0.3, 0.4) is 0 Å². The number of anilines is 1. The third-order valence-corrected chi connectivity index (χ3v) is 3.79. The van der Waals surface area contributed by atoms with Crippen molar-refractivity contribution in [1.82, 2.24) is 19.5 Å². The third-order valence-electron chi connectivity index (χ3n) is 3.79. The lowest BCUT2D eigenvalue weighted by Crippen LogP contribution is -2.44. The number of imidazole rings is 1. The standard InChI is InChI=1S/C12H17N5O5/c1-12(20)7(19)5(3-18)22-10(12)17-4-14-6-8(17)15-11(13)16-9(6)21-2/h4-5,7,10,18-20H,3H2,1-2H3,(H2,13,15,16)/t5-,7-,10-,12+/m1/s1. The van der Waals surface area contributed by atoms with E-state index in [-0.39, 0.29) is 11.8 Å². The number of methoxy groups -OCH3 is 1. The fourth-order valence-corrected chi connectivity index (χ4v) is 2.61. The summed E-state index contributed by atoms with van der Waals surface area (Å²) in [4.78, 5) is 12.1. The molecule has 1 aliphatic rings. The molecule has 0 radical (unpaired) electrons. The molecule has 1 saturated heterocycles. The van der Waals surface area contributed by atoms with Crippen LogP contribution in [0, 0.1) is 0 Å². The Morgan fingerprint density at radius 3 is 2.82 bits per heavy atom. The molecule has 0 bridgehead atoms. The van der Waals surface area contributed by atoms with Gasteiger partial charge in [-0.05, 0) is 6.92 Å². The Morgan fingerprint density at radius 1 is 1.50 bits per heavy atom. The van der Waals surface area contributed by atoms with Crippen molar-refractivity contribution in [2.24, 2.45) is 0 Å². The number of hydrogen-bond donors (Lipinski definition) is 4. The summed E-state index contributed by atoms with van der Waals surface area (Å²) in [5, 5.41) is 29.8. The van der Waals surface area contributed by atoms with Gasteiger partial charge in [0, 0.05) is 0 Å². The lowest BCUT2D eigenvalue weighted by molar-refractivity contribution is -0.0950. The molecule has 0 aromatic carbocycles. The molecule has 2 aromatic rings. The molecular weight excluding hydrogens is 294 g/mol. The number of rotatable bonds is 3. The number of aliphatic hydroxyl groups excluding tert-OH is 2. The normalized spacial score (nSPS) is 31.8. The summed E-state index contributed by atoms with van der Waals surface area (Å²) in [6, 6.07) is 0. The number of aromatic nitrogens is 4. The van der Waals surface area contributed by atoms with Gasteiger partial charge in [-0.2, -0.15) is 9.97 Å². The zero-order valence-electron chi connectivity index (χ0n) is 12.0. The lowest BCUT2D eigenvalue weighted by atomic mass is 9.96. The third kappa shape index (κ3) is 2.00. The summed E-state index contributed by atoms with van der Waals surface area (Å²) in [6.07, 6.45) is -1.80. The van der Waals surface area contributed by atoms with Gasteiger partial charge < -0.3 is 30.5 Å². The first-order valence-corrected chi connectivity index (χ1v) is 6.61. The maximum absolute atomic E-state index is 10.5. The Morgan fingerprint density at radius 2 is 2.23 bits per heavy atom. The van der Waals surface area contributed by atoms with Crippen LogP contribution in [0.1, 0.15) is 13.2 Å². The van der Waals surface area contributed by atoms with E-state index >= 15 is 0 Å². The van der Waals surface area contributed by atoms with Crippen molar-refractivity contribution < 1.29 is 24.8 Å². The maximum atomic E-state index is 10.5. The Hall–Kier alpha value is -2.01. The molecule has 120 valence electrons. The summed E-state index contributed by atoms with van der Waals surface area (Å²) in [6.45, 7) is 0.979.